The lowest BCUT2D eigenvalue weighted by Gasteiger charge is -2.20. The molecule has 2 aromatic rings. The first-order chi connectivity index (χ1) is 9.17. The van der Waals surface area contributed by atoms with Gasteiger partial charge in [-0.25, -0.2) is 0 Å². The molecule has 0 heterocycles. The van der Waals surface area contributed by atoms with E-state index in [4.69, 9.17) is 17.3 Å². The fraction of sp³-hybridized carbons (Fsp3) is 0.250. The van der Waals surface area contributed by atoms with Gasteiger partial charge in [0.1, 0.15) is 0 Å². The van der Waals surface area contributed by atoms with Crippen molar-refractivity contribution in [3.05, 3.63) is 64.7 Å². The second kappa shape index (κ2) is 6.60. The summed E-state index contributed by atoms with van der Waals surface area (Å²) in [5.74, 6) is 0. The first kappa shape index (κ1) is 13.9. The Balaban J connectivity index is 2.02. The molecular formula is C16H19ClN2. The highest BCUT2D eigenvalue weighted by molar-refractivity contribution is 6.30. The van der Waals surface area contributed by atoms with Gasteiger partial charge in [-0.15, -0.1) is 0 Å². The number of rotatable bonds is 5. The van der Waals surface area contributed by atoms with E-state index in [0.717, 1.165) is 30.3 Å². The molecule has 0 aromatic heterocycles. The molecule has 0 fully saturated rings. The van der Waals surface area contributed by atoms with Crippen molar-refractivity contribution < 1.29 is 0 Å². The second-order valence-electron chi connectivity index (χ2n) is 4.67. The van der Waals surface area contributed by atoms with E-state index in [1.54, 1.807) is 0 Å². The molecule has 0 saturated carbocycles. The van der Waals surface area contributed by atoms with Crippen molar-refractivity contribution in [3.63, 3.8) is 0 Å². The predicted molar refractivity (Wildman–Crippen MR) is 82.1 cm³/mol. The number of halogens is 1. The van der Waals surface area contributed by atoms with Gasteiger partial charge in [0, 0.05) is 23.8 Å². The van der Waals surface area contributed by atoms with Gasteiger partial charge in [0.2, 0.25) is 0 Å². The molecule has 19 heavy (non-hydrogen) atoms. The Morgan fingerprint density at radius 3 is 2.32 bits per heavy atom. The molecule has 2 N–H and O–H groups in total. The predicted octanol–water partition coefficient (Wildman–Crippen LogP) is 3.94. The minimum absolute atomic E-state index is 0.780. The maximum Gasteiger partial charge on any atom is 0.0406 e. The van der Waals surface area contributed by atoms with Gasteiger partial charge in [0.15, 0.2) is 0 Å². The zero-order valence-corrected chi connectivity index (χ0v) is 11.9. The van der Waals surface area contributed by atoms with Crippen LogP contribution in [-0.2, 0) is 13.1 Å². The van der Waals surface area contributed by atoms with Gasteiger partial charge >= 0.3 is 0 Å². The van der Waals surface area contributed by atoms with E-state index in [9.17, 15) is 0 Å². The summed E-state index contributed by atoms with van der Waals surface area (Å²) in [6.45, 7) is 4.99. The van der Waals surface area contributed by atoms with Gasteiger partial charge in [0.25, 0.3) is 0 Å². The number of nitrogens with two attached hydrogens (primary N) is 1. The van der Waals surface area contributed by atoms with Crippen LogP contribution in [0.5, 0.6) is 0 Å². The number of benzene rings is 2. The van der Waals surface area contributed by atoms with E-state index in [1.165, 1.54) is 11.1 Å². The monoisotopic (exact) mass is 274 g/mol. The first-order valence-electron chi connectivity index (χ1n) is 6.48. The average molecular weight is 275 g/mol. The van der Waals surface area contributed by atoms with Gasteiger partial charge < -0.3 is 5.73 Å². The van der Waals surface area contributed by atoms with Crippen LogP contribution in [0.25, 0.3) is 0 Å². The minimum Gasteiger partial charge on any atom is -0.399 e. The lowest BCUT2D eigenvalue weighted by Crippen LogP contribution is -2.22. The van der Waals surface area contributed by atoms with Crippen LogP contribution in [0.15, 0.2) is 48.5 Å². The highest BCUT2D eigenvalue weighted by Crippen LogP contribution is 2.14. The molecule has 0 atom stereocenters. The summed E-state index contributed by atoms with van der Waals surface area (Å²) < 4.78 is 0. The summed E-state index contributed by atoms with van der Waals surface area (Å²) in [5, 5.41) is 0.780. The van der Waals surface area contributed by atoms with Gasteiger partial charge in [-0.3, -0.25) is 4.90 Å². The molecule has 0 spiro atoms. The highest BCUT2D eigenvalue weighted by atomic mass is 35.5. The quantitative estimate of drug-likeness (QED) is 0.837. The molecule has 0 aliphatic heterocycles. The molecule has 100 valence electrons. The Morgan fingerprint density at radius 1 is 1.00 bits per heavy atom. The largest absolute Gasteiger partial charge is 0.399 e. The Bertz CT molecular complexity index is 523. The van der Waals surface area contributed by atoms with E-state index in [0.29, 0.717) is 0 Å². The van der Waals surface area contributed by atoms with Crippen molar-refractivity contribution in [2.24, 2.45) is 0 Å². The molecule has 2 rings (SSSR count). The van der Waals surface area contributed by atoms with Crippen LogP contribution in [0.4, 0.5) is 5.69 Å². The summed E-state index contributed by atoms with van der Waals surface area (Å²) in [7, 11) is 0. The van der Waals surface area contributed by atoms with Crippen LogP contribution in [0.2, 0.25) is 5.02 Å². The number of hydrogen-bond acceptors (Lipinski definition) is 2. The summed E-state index contributed by atoms with van der Waals surface area (Å²) in [5.41, 5.74) is 9.15. The van der Waals surface area contributed by atoms with Crippen molar-refractivity contribution in [1.82, 2.24) is 4.90 Å². The van der Waals surface area contributed by atoms with Crippen LogP contribution in [0, 0.1) is 0 Å². The summed E-state index contributed by atoms with van der Waals surface area (Å²) in [6.07, 6.45) is 0. The van der Waals surface area contributed by atoms with Crippen LogP contribution in [0.3, 0.4) is 0 Å². The zero-order chi connectivity index (χ0) is 13.7. The smallest absolute Gasteiger partial charge is 0.0406 e. The summed E-state index contributed by atoms with van der Waals surface area (Å²) >= 11 is 5.90. The molecule has 0 amide bonds. The standard InChI is InChI=1S/C16H19ClN2/c1-2-19(11-13-6-8-15(17)9-7-13)12-14-4-3-5-16(18)10-14/h3-10H,2,11-12,18H2,1H3. The van der Waals surface area contributed by atoms with Crippen molar-refractivity contribution >= 4 is 17.3 Å². The van der Waals surface area contributed by atoms with Crippen molar-refractivity contribution in [1.29, 1.82) is 0 Å². The molecule has 2 aromatic carbocycles. The Morgan fingerprint density at radius 2 is 1.68 bits per heavy atom. The normalized spacial score (nSPS) is 10.9. The molecule has 0 saturated heterocycles. The van der Waals surface area contributed by atoms with Crippen LogP contribution < -0.4 is 5.73 Å². The number of anilines is 1. The zero-order valence-electron chi connectivity index (χ0n) is 11.1. The number of nitrogens with zero attached hydrogens (tertiary/aromatic N) is 1. The lowest BCUT2D eigenvalue weighted by atomic mass is 10.1. The summed E-state index contributed by atoms with van der Waals surface area (Å²) in [6, 6.07) is 16.1. The average Bonchev–Trinajstić information content (AvgIpc) is 2.40. The maximum atomic E-state index is 5.90. The Labute approximate surface area is 119 Å². The molecular weight excluding hydrogens is 256 g/mol. The first-order valence-corrected chi connectivity index (χ1v) is 6.86. The third-order valence-electron chi connectivity index (χ3n) is 3.12. The van der Waals surface area contributed by atoms with Gasteiger partial charge in [-0.2, -0.15) is 0 Å². The molecule has 0 bridgehead atoms. The minimum atomic E-state index is 0.780. The third-order valence-corrected chi connectivity index (χ3v) is 3.38. The Hall–Kier alpha value is -1.51. The molecule has 0 radical (unpaired) electrons. The van der Waals surface area contributed by atoms with E-state index in [2.05, 4.69) is 30.0 Å². The highest BCUT2D eigenvalue weighted by Gasteiger charge is 2.05. The molecule has 2 nitrogen and oxygen atoms in total. The Kier molecular flexibility index (Phi) is 4.83. The van der Waals surface area contributed by atoms with E-state index < -0.39 is 0 Å². The van der Waals surface area contributed by atoms with E-state index in [1.807, 2.05) is 30.3 Å². The number of nitrogen functional groups attached to an aromatic ring is 1. The fourth-order valence-corrected chi connectivity index (χ4v) is 2.20. The van der Waals surface area contributed by atoms with Gasteiger partial charge in [-0.05, 0) is 41.9 Å². The third kappa shape index (κ3) is 4.27. The van der Waals surface area contributed by atoms with E-state index in [-0.39, 0.29) is 0 Å². The summed E-state index contributed by atoms with van der Waals surface area (Å²) in [4.78, 5) is 2.37. The fourth-order valence-electron chi connectivity index (χ4n) is 2.08. The van der Waals surface area contributed by atoms with Crippen LogP contribution in [0.1, 0.15) is 18.1 Å². The molecule has 0 unspecified atom stereocenters. The topological polar surface area (TPSA) is 29.3 Å². The maximum absolute atomic E-state index is 5.90. The second-order valence-corrected chi connectivity index (χ2v) is 5.11. The lowest BCUT2D eigenvalue weighted by molar-refractivity contribution is 0.271. The van der Waals surface area contributed by atoms with Crippen molar-refractivity contribution in [2.75, 3.05) is 12.3 Å². The molecule has 0 aliphatic carbocycles. The SMILES string of the molecule is CCN(Cc1ccc(Cl)cc1)Cc1cccc(N)c1. The number of hydrogen-bond donors (Lipinski definition) is 1. The molecule has 0 aliphatic rings. The van der Waals surface area contributed by atoms with Crippen LogP contribution in [-0.4, -0.2) is 11.4 Å². The van der Waals surface area contributed by atoms with Crippen molar-refractivity contribution in [2.45, 2.75) is 20.0 Å². The van der Waals surface area contributed by atoms with Crippen molar-refractivity contribution in [3.8, 4) is 0 Å². The molecule has 3 heteroatoms. The van der Waals surface area contributed by atoms with E-state index >= 15 is 0 Å². The van der Waals surface area contributed by atoms with Gasteiger partial charge in [0.05, 0.1) is 0 Å². The van der Waals surface area contributed by atoms with Gasteiger partial charge in [-0.1, -0.05) is 42.8 Å². The van der Waals surface area contributed by atoms with Crippen LogP contribution >= 0.6 is 11.6 Å².